The molecule has 1 aliphatic rings. The van der Waals surface area contributed by atoms with Crippen LogP contribution in [0.15, 0.2) is 18.2 Å². The Kier molecular flexibility index (Phi) is 4.55. The molecule has 0 aliphatic carbocycles. The molecule has 1 aromatic rings. The standard InChI is InChI=1S/C16H24O4/c1-9-10(2)20-11(3)15(9)16(17)13-8-12(18-4)6-7-14(13)19-5/h6-11,15-17H,1-5H3. The summed E-state index contributed by atoms with van der Waals surface area (Å²) in [5, 5.41) is 10.8. The van der Waals surface area contributed by atoms with Crippen LogP contribution < -0.4 is 9.47 Å². The Bertz CT molecular complexity index is 460. The summed E-state index contributed by atoms with van der Waals surface area (Å²) < 4.78 is 16.4. The van der Waals surface area contributed by atoms with Crippen molar-refractivity contribution in [3.63, 3.8) is 0 Å². The van der Waals surface area contributed by atoms with E-state index in [1.165, 1.54) is 0 Å². The summed E-state index contributed by atoms with van der Waals surface area (Å²) in [6, 6.07) is 5.49. The van der Waals surface area contributed by atoms with Crippen molar-refractivity contribution in [2.24, 2.45) is 11.8 Å². The van der Waals surface area contributed by atoms with Gasteiger partial charge in [0.15, 0.2) is 0 Å². The summed E-state index contributed by atoms with van der Waals surface area (Å²) in [6.07, 6.45) is -0.456. The van der Waals surface area contributed by atoms with Gasteiger partial charge in [-0.3, -0.25) is 0 Å². The average molecular weight is 280 g/mol. The van der Waals surface area contributed by atoms with Gasteiger partial charge in [0.05, 0.1) is 32.5 Å². The average Bonchev–Trinajstić information content (AvgIpc) is 2.70. The summed E-state index contributed by atoms with van der Waals surface area (Å²) in [6.45, 7) is 6.19. The predicted octanol–water partition coefficient (Wildman–Crippen LogP) is 2.80. The van der Waals surface area contributed by atoms with Crippen LogP contribution >= 0.6 is 0 Å². The van der Waals surface area contributed by atoms with Gasteiger partial charge < -0.3 is 19.3 Å². The molecule has 1 aromatic carbocycles. The maximum atomic E-state index is 10.8. The number of rotatable bonds is 4. The third-order valence-corrected chi connectivity index (χ3v) is 4.44. The molecular weight excluding hydrogens is 256 g/mol. The number of benzene rings is 1. The molecule has 0 spiro atoms. The Balaban J connectivity index is 2.34. The maximum Gasteiger partial charge on any atom is 0.124 e. The van der Waals surface area contributed by atoms with E-state index in [0.29, 0.717) is 11.5 Å². The lowest BCUT2D eigenvalue weighted by Gasteiger charge is -2.26. The summed E-state index contributed by atoms with van der Waals surface area (Å²) >= 11 is 0. The van der Waals surface area contributed by atoms with Crippen LogP contribution in [0.4, 0.5) is 0 Å². The van der Waals surface area contributed by atoms with Crippen LogP contribution in [0.3, 0.4) is 0 Å². The number of methoxy groups -OCH3 is 2. The van der Waals surface area contributed by atoms with Gasteiger partial charge in [0.1, 0.15) is 11.5 Å². The van der Waals surface area contributed by atoms with Gasteiger partial charge in [-0.25, -0.2) is 0 Å². The molecule has 1 N–H and O–H groups in total. The lowest BCUT2D eigenvalue weighted by atomic mass is 9.82. The molecule has 0 aromatic heterocycles. The van der Waals surface area contributed by atoms with E-state index in [2.05, 4.69) is 13.8 Å². The van der Waals surface area contributed by atoms with Crippen LogP contribution in [0.2, 0.25) is 0 Å². The second-order valence-electron chi connectivity index (χ2n) is 5.54. The third kappa shape index (κ3) is 2.63. The molecule has 5 unspecified atom stereocenters. The molecule has 0 amide bonds. The SMILES string of the molecule is COc1ccc(OC)c(C(O)C2C(C)OC(C)C2C)c1. The molecule has 1 saturated heterocycles. The van der Waals surface area contributed by atoms with Crippen LogP contribution in [-0.2, 0) is 4.74 Å². The highest BCUT2D eigenvalue weighted by molar-refractivity contribution is 5.42. The molecule has 4 heteroatoms. The van der Waals surface area contributed by atoms with Crippen LogP contribution in [0.1, 0.15) is 32.4 Å². The Labute approximate surface area is 120 Å². The minimum atomic E-state index is -0.630. The minimum Gasteiger partial charge on any atom is -0.497 e. The zero-order valence-electron chi connectivity index (χ0n) is 12.8. The fraction of sp³-hybridized carbons (Fsp3) is 0.625. The number of hydrogen-bond acceptors (Lipinski definition) is 4. The Hall–Kier alpha value is -1.26. The van der Waals surface area contributed by atoms with Crippen molar-refractivity contribution in [2.45, 2.75) is 39.1 Å². The zero-order valence-corrected chi connectivity index (χ0v) is 12.8. The Morgan fingerprint density at radius 1 is 1.10 bits per heavy atom. The molecule has 2 rings (SSSR count). The first kappa shape index (κ1) is 15.1. The van der Waals surface area contributed by atoms with Crippen molar-refractivity contribution in [1.29, 1.82) is 0 Å². The van der Waals surface area contributed by atoms with Crippen LogP contribution in [0.25, 0.3) is 0 Å². The molecular formula is C16H24O4. The van der Waals surface area contributed by atoms with E-state index in [1.807, 2.05) is 25.1 Å². The van der Waals surface area contributed by atoms with Crippen molar-refractivity contribution in [1.82, 2.24) is 0 Å². The van der Waals surface area contributed by atoms with Gasteiger partial charge in [0.2, 0.25) is 0 Å². The van der Waals surface area contributed by atoms with E-state index in [4.69, 9.17) is 14.2 Å². The van der Waals surface area contributed by atoms with Gasteiger partial charge in [-0.2, -0.15) is 0 Å². The largest absolute Gasteiger partial charge is 0.497 e. The normalized spacial score (nSPS) is 31.1. The van der Waals surface area contributed by atoms with Crippen LogP contribution in [0.5, 0.6) is 11.5 Å². The molecule has 1 heterocycles. The molecule has 4 nitrogen and oxygen atoms in total. The van der Waals surface area contributed by atoms with E-state index in [1.54, 1.807) is 14.2 Å². The van der Waals surface area contributed by atoms with Crippen molar-refractivity contribution in [2.75, 3.05) is 14.2 Å². The predicted molar refractivity (Wildman–Crippen MR) is 77.2 cm³/mol. The maximum absolute atomic E-state index is 10.8. The number of aliphatic hydroxyl groups excluding tert-OH is 1. The second kappa shape index (κ2) is 6.02. The summed E-state index contributed by atoms with van der Waals surface area (Å²) in [5.74, 6) is 1.73. The first-order chi connectivity index (χ1) is 9.49. The van der Waals surface area contributed by atoms with Gasteiger partial charge in [-0.05, 0) is 38.0 Å². The van der Waals surface area contributed by atoms with E-state index in [9.17, 15) is 5.11 Å². The van der Waals surface area contributed by atoms with Crippen molar-refractivity contribution < 1.29 is 19.3 Å². The van der Waals surface area contributed by atoms with Gasteiger partial charge in [-0.15, -0.1) is 0 Å². The van der Waals surface area contributed by atoms with Crippen molar-refractivity contribution in [3.8, 4) is 11.5 Å². The molecule has 112 valence electrons. The van der Waals surface area contributed by atoms with Crippen LogP contribution in [-0.4, -0.2) is 31.5 Å². The highest BCUT2D eigenvalue weighted by Crippen LogP contribution is 2.43. The van der Waals surface area contributed by atoms with Crippen LogP contribution in [0, 0.1) is 11.8 Å². The first-order valence-electron chi connectivity index (χ1n) is 7.05. The fourth-order valence-corrected chi connectivity index (χ4v) is 3.12. The number of hydrogen-bond donors (Lipinski definition) is 1. The van der Waals surface area contributed by atoms with E-state index in [0.717, 1.165) is 5.56 Å². The molecule has 0 radical (unpaired) electrons. The van der Waals surface area contributed by atoms with Crippen molar-refractivity contribution >= 4 is 0 Å². The monoisotopic (exact) mass is 280 g/mol. The van der Waals surface area contributed by atoms with Gasteiger partial charge in [-0.1, -0.05) is 6.92 Å². The van der Waals surface area contributed by atoms with Gasteiger partial charge in [0.25, 0.3) is 0 Å². The minimum absolute atomic E-state index is 0.0194. The highest BCUT2D eigenvalue weighted by Gasteiger charge is 2.42. The quantitative estimate of drug-likeness (QED) is 0.921. The second-order valence-corrected chi connectivity index (χ2v) is 5.54. The number of aliphatic hydroxyl groups is 1. The molecule has 1 fully saturated rings. The lowest BCUT2D eigenvalue weighted by Crippen LogP contribution is -2.25. The molecule has 5 atom stereocenters. The van der Waals surface area contributed by atoms with E-state index in [-0.39, 0.29) is 24.0 Å². The zero-order chi connectivity index (χ0) is 14.9. The van der Waals surface area contributed by atoms with Gasteiger partial charge in [0, 0.05) is 11.5 Å². The topological polar surface area (TPSA) is 47.9 Å². The highest BCUT2D eigenvalue weighted by atomic mass is 16.5. The van der Waals surface area contributed by atoms with E-state index >= 15 is 0 Å². The van der Waals surface area contributed by atoms with Gasteiger partial charge >= 0.3 is 0 Å². The van der Waals surface area contributed by atoms with Crippen molar-refractivity contribution in [3.05, 3.63) is 23.8 Å². The molecule has 0 bridgehead atoms. The summed E-state index contributed by atoms with van der Waals surface area (Å²) in [4.78, 5) is 0. The molecule has 20 heavy (non-hydrogen) atoms. The number of ether oxygens (including phenoxy) is 3. The van der Waals surface area contributed by atoms with E-state index < -0.39 is 6.10 Å². The Morgan fingerprint density at radius 2 is 1.80 bits per heavy atom. The third-order valence-electron chi connectivity index (χ3n) is 4.44. The summed E-state index contributed by atoms with van der Waals surface area (Å²) in [7, 11) is 3.22. The smallest absolute Gasteiger partial charge is 0.124 e. The fourth-order valence-electron chi connectivity index (χ4n) is 3.12. The first-order valence-corrected chi connectivity index (χ1v) is 7.05. The Morgan fingerprint density at radius 3 is 2.30 bits per heavy atom. The molecule has 1 aliphatic heterocycles. The summed E-state index contributed by atoms with van der Waals surface area (Å²) in [5.41, 5.74) is 0.758. The lowest BCUT2D eigenvalue weighted by molar-refractivity contribution is 0.0224. The molecule has 0 saturated carbocycles.